The van der Waals surface area contributed by atoms with Crippen molar-refractivity contribution >= 4 is 22.8 Å². The van der Waals surface area contributed by atoms with E-state index in [1.54, 1.807) is 0 Å². The van der Waals surface area contributed by atoms with Crippen LogP contribution in [0.3, 0.4) is 0 Å². The first kappa shape index (κ1) is 25.1. The second kappa shape index (κ2) is 10.5. The highest BCUT2D eigenvalue weighted by Gasteiger charge is 2.41. The average Bonchev–Trinajstić information content (AvgIpc) is 3.42. The Morgan fingerprint density at radius 2 is 1.18 bits per heavy atom. The van der Waals surface area contributed by atoms with Crippen molar-refractivity contribution in [1.82, 2.24) is 5.32 Å². The number of fused-ring (bicyclic) bond motifs is 1. The lowest BCUT2D eigenvalue weighted by Gasteiger charge is -2.25. The van der Waals surface area contributed by atoms with Gasteiger partial charge in [0.15, 0.2) is 12.1 Å². The predicted octanol–water partition coefficient (Wildman–Crippen LogP) is 9.51. The molecule has 0 saturated heterocycles. The van der Waals surface area contributed by atoms with Gasteiger partial charge in [0.2, 0.25) is 6.34 Å². The Hall–Kier alpha value is -4.17. The van der Waals surface area contributed by atoms with Crippen LogP contribution >= 0.6 is 0 Å². The fraction of sp³-hybridized carbons (Fsp3) is 0.216. The van der Waals surface area contributed by atoms with Gasteiger partial charge in [-0.15, -0.1) is 0 Å². The first-order valence-electron chi connectivity index (χ1n) is 14.2. The predicted molar refractivity (Wildman–Crippen MR) is 165 cm³/mol. The molecular weight excluding hydrogens is 472 g/mol. The SMILES string of the molecule is CC(C)c1cc(-c2cccc3ccccc23)cc(C(C)C)c1[N+]1=CNC(c2ccccc2)C1c1ccccc1. The largest absolute Gasteiger partial charge is 0.269 e. The van der Waals surface area contributed by atoms with Crippen LogP contribution in [0.5, 0.6) is 0 Å². The summed E-state index contributed by atoms with van der Waals surface area (Å²) in [5, 5.41) is 6.36. The molecule has 6 rings (SSSR count). The highest BCUT2D eigenvalue weighted by atomic mass is 15.2. The van der Waals surface area contributed by atoms with E-state index in [1.165, 1.54) is 49.8 Å². The van der Waals surface area contributed by atoms with Gasteiger partial charge in [-0.1, -0.05) is 131 Å². The van der Waals surface area contributed by atoms with Crippen molar-refractivity contribution in [3.05, 3.63) is 138 Å². The Kier molecular flexibility index (Phi) is 6.79. The number of benzene rings is 5. The molecule has 0 spiro atoms. The molecule has 2 heteroatoms. The van der Waals surface area contributed by atoms with Crippen LogP contribution in [-0.2, 0) is 0 Å². The van der Waals surface area contributed by atoms with E-state index in [0.29, 0.717) is 11.8 Å². The third kappa shape index (κ3) is 4.65. The number of rotatable bonds is 6. The molecule has 5 aromatic carbocycles. The quantitative estimate of drug-likeness (QED) is 0.225. The summed E-state index contributed by atoms with van der Waals surface area (Å²) in [7, 11) is 0. The van der Waals surface area contributed by atoms with Crippen molar-refractivity contribution in [2.24, 2.45) is 0 Å². The Bertz CT molecular complexity index is 1600. The number of nitrogens with one attached hydrogen (secondary N) is 1. The Balaban J connectivity index is 1.57. The molecule has 2 nitrogen and oxygen atoms in total. The lowest BCUT2D eigenvalue weighted by Crippen LogP contribution is -2.21. The van der Waals surface area contributed by atoms with Gasteiger partial charge in [-0.3, -0.25) is 5.32 Å². The molecule has 0 aliphatic carbocycles. The summed E-state index contributed by atoms with van der Waals surface area (Å²) in [5.41, 5.74) is 9.32. The number of hydrogen-bond acceptors (Lipinski definition) is 1. The van der Waals surface area contributed by atoms with Crippen LogP contribution in [0.2, 0.25) is 0 Å². The number of nitrogens with zero attached hydrogens (tertiary/aromatic N) is 1. The van der Waals surface area contributed by atoms with Gasteiger partial charge in [0, 0.05) is 22.3 Å². The molecule has 0 bridgehead atoms. The van der Waals surface area contributed by atoms with E-state index in [2.05, 4.69) is 159 Å². The molecule has 194 valence electrons. The molecule has 2 atom stereocenters. The molecule has 1 aliphatic heterocycles. The van der Waals surface area contributed by atoms with E-state index in [0.717, 1.165) is 0 Å². The van der Waals surface area contributed by atoms with Crippen LogP contribution in [0.15, 0.2) is 115 Å². The highest BCUT2D eigenvalue weighted by molar-refractivity contribution is 5.97. The minimum absolute atomic E-state index is 0.145. The lowest BCUT2D eigenvalue weighted by atomic mass is 9.86. The first-order chi connectivity index (χ1) is 19.0. The summed E-state index contributed by atoms with van der Waals surface area (Å²) < 4.78 is 2.52. The van der Waals surface area contributed by atoms with Crippen molar-refractivity contribution < 1.29 is 4.58 Å². The molecule has 1 heterocycles. The first-order valence-corrected chi connectivity index (χ1v) is 14.2. The van der Waals surface area contributed by atoms with Crippen molar-refractivity contribution in [3.63, 3.8) is 0 Å². The zero-order valence-electron chi connectivity index (χ0n) is 23.3. The van der Waals surface area contributed by atoms with Gasteiger partial charge in [-0.2, -0.15) is 0 Å². The molecule has 0 aromatic heterocycles. The van der Waals surface area contributed by atoms with Crippen LogP contribution in [0, 0.1) is 0 Å². The van der Waals surface area contributed by atoms with Crippen molar-refractivity contribution in [2.75, 3.05) is 0 Å². The lowest BCUT2D eigenvalue weighted by molar-refractivity contribution is -0.482. The summed E-state index contributed by atoms with van der Waals surface area (Å²) in [6.07, 6.45) is 2.22. The zero-order chi connectivity index (χ0) is 26.9. The molecule has 1 N–H and O–H groups in total. The summed E-state index contributed by atoms with van der Waals surface area (Å²) in [4.78, 5) is 0. The van der Waals surface area contributed by atoms with Crippen molar-refractivity contribution in [2.45, 2.75) is 51.6 Å². The Morgan fingerprint density at radius 3 is 1.82 bits per heavy atom. The normalized spacial score (nSPS) is 17.0. The summed E-state index contributed by atoms with van der Waals surface area (Å²) >= 11 is 0. The monoisotopic (exact) mass is 509 g/mol. The van der Waals surface area contributed by atoms with E-state index in [4.69, 9.17) is 0 Å². The molecule has 39 heavy (non-hydrogen) atoms. The maximum absolute atomic E-state index is 3.77. The molecule has 0 radical (unpaired) electrons. The maximum Gasteiger partial charge on any atom is 0.238 e. The molecule has 2 unspecified atom stereocenters. The van der Waals surface area contributed by atoms with Gasteiger partial charge >= 0.3 is 0 Å². The van der Waals surface area contributed by atoms with Crippen LogP contribution in [0.25, 0.3) is 21.9 Å². The molecule has 0 saturated carbocycles. The van der Waals surface area contributed by atoms with E-state index in [9.17, 15) is 0 Å². The summed E-state index contributed by atoms with van der Waals surface area (Å²) in [6, 6.07) is 42.4. The van der Waals surface area contributed by atoms with Gasteiger partial charge < -0.3 is 0 Å². The second-order valence-electron chi connectivity index (χ2n) is 11.3. The minimum atomic E-state index is 0.145. The standard InChI is InChI=1S/C37H36N2/c1-25(2)33-22-30(32-21-13-19-27-14-11-12-20-31(27)32)23-34(26(3)4)37(33)39-24-38-35(28-15-7-5-8-16-28)36(39)29-17-9-6-10-18-29/h5-26,35-36H,1-4H3/p+1. The van der Waals surface area contributed by atoms with Gasteiger partial charge in [0.25, 0.3) is 0 Å². The zero-order valence-corrected chi connectivity index (χ0v) is 23.3. The third-order valence-electron chi connectivity index (χ3n) is 8.08. The fourth-order valence-electron chi connectivity index (χ4n) is 6.13. The van der Waals surface area contributed by atoms with E-state index in [1.807, 2.05) is 0 Å². The van der Waals surface area contributed by atoms with Gasteiger partial charge in [0.05, 0.1) is 0 Å². The summed E-state index contributed by atoms with van der Waals surface area (Å²) in [6.45, 7) is 9.30. The molecule has 1 aliphatic rings. The van der Waals surface area contributed by atoms with Crippen LogP contribution < -0.4 is 5.32 Å². The van der Waals surface area contributed by atoms with Crippen LogP contribution in [-0.4, -0.2) is 10.9 Å². The fourth-order valence-corrected chi connectivity index (χ4v) is 6.13. The van der Waals surface area contributed by atoms with E-state index in [-0.39, 0.29) is 12.1 Å². The van der Waals surface area contributed by atoms with E-state index < -0.39 is 0 Å². The van der Waals surface area contributed by atoms with Crippen LogP contribution in [0.4, 0.5) is 5.69 Å². The second-order valence-corrected chi connectivity index (χ2v) is 11.3. The summed E-state index contributed by atoms with van der Waals surface area (Å²) in [5.74, 6) is 0.737. The van der Waals surface area contributed by atoms with Gasteiger partial charge in [-0.25, -0.2) is 4.58 Å². The number of hydrogen-bond donors (Lipinski definition) is 1. The van der Waals surface area contributed by atoms with Gasteiger partial charge in [0.1, 0.15) is 5.69 Å². The molecular formula is C37H37N2+. The van der Waals surface area contributed by atoms with Crippen molar-refractivity contribution in [3.8, 4) is 11.1 Å². The van der Waals surface area contributed by atoms with Gasteiger partial charge in [-0.05, 0) is 45.9 Å². The topological polar surface area (TPSA) is 15.0 Å². The Morgan fingerprint density at radius 1 is 0.615 bits per heavy atom. The minimum Gasteiger partial charge on any atom is -0.269 e. The molecule has 0 amide bonds. The van der Waals surface area contributed by atoms with E-state index >= 15 is 0 Å². The highest BCUT2D eigenvalue weighted by Crippen LogP contribution is 2.46. The van der Waals surface area contributed by atoms with Crippen LogP contribution in [0.1, 0.15) is 73.9 Å². The van der Waals surface area contributed by atoms with Crippen molar-refractivity contribution in [1.29, 1.82) is 0 Å². The maximum atomic E-state index is 3.77. The average molecular weight is 510 g/mol. The molecule has 0 fully saturated rings. The molecule has 5 aromatic rings. The Labute approximate surface area is 232 Å². The third-order valence-corrected chi connectivity index (χ3v) is 8.08. The smallest absolute Gasteiger partial charge is 0.238 e.